The van der Waals surface area contributed by atoms with Gasteiger partial charge < -0.3 is 0 Å². The molecule has 0 nitrogen and oxygen atoms in total. The zero-order chi connectivity index (χ0) is 12.7. The summed E-state index contributed by atoms with van der Waals surface area (Å²) in [5.74, 6) is 0. The third-order valence-corrected chi connectivity index (χ3v) is 3.17. The van der Waals surface area contributed by atoms with Crippen LogP contribution in [0.25, 0.3) is 0 Å². The predicted molar refractivity (Wildman–Crippen MR) is 76.8 cm³/mol. The fourth-order valence-electron chi connectivity index (χ4n) is 1.80. The van der Waals surface area contributed by atoms with Crippen molar-refractivity contribution in [2.24, 2.45) is 0 Å². The molecule has 0 saturated carbocycles. The van der Waals surface area contributed by atoms with Gasteiger partial charge in [-0.05, 0) is 40.5 Å². The second kappa shape index (κ2) is 7.82. The molecule has 0 rings (SSSR count). The van der Waals surface area contributed by atoms with Crippen molar-refractivity contribution in [3.8, 4) is 0 Å². The van der Waals surface area contributed by atoms with Gasteiger partial charge in [0, 0.05) is 9.75 Å². The minimum atomic E-state index is -0.0113. The summed E-state index contributed by atoms with van der Waals surface area (Å²) >= 11 is 12.3. The van der Waals surface area contributed by atoms with Gasteiger partial charge in [0.15, 0.2) is 0 Å². The van der Waals surface area contributed by atoms with Crippen LogP contribution >= 0.6 is 23.2 Å². The Morgan fingerprint density at radius 2 is 0.812 bits per heavy atom. The molecular formula is C14H28Cl2. The van der Waals surface area contributed by atoms with Crippen LogP contribution in [-0.4, -0.2) is 9.75 Å². The lowest BCUT2D eigenvalue weighted by molar-refractivity contribution is 0.511. The first kappa shape index (κ1) is 16.6. The second-order valence-electron chi connectivity index (χ2n) is 6.06. The van der Waals surface area contributed by atoms with Crippen LogP contribution in [0.15, 0.2) is 0 Å². The van der Waals surface area contributed by atoms with Gasteiger partial charge in [0.1, 0.15) is 0 Å². The Bertz CT molecular complexity index is 143. The molecule has 0 aromatic carbocycles. The Labute approximate surface area is 112 Å². The molecule has 0 fully saturated rings. The lowest BCUT2D eigenvalue weighted by Gasteiger charge is -2.15. The van der Waals surface area contributed by atoms with Crippen molar-refractivity contribution in [2.45, 2.75) is 88.8 Å². The number of halogens is 2. The van der Waals surface area contributed by atoms with Crippen molar-refractivity contribution in [3.63, 3.8) is 0 Å². The van der Waals surface area contributed by atoms with Crippen LogP contribution in [0.3, 0.4) is 0 Å². The van der Waals surface area contributed by atoms with E-state index in [0.29, 0.717) is 0 Å². The van der Waals surface area contributed by atoms with Crippen molar-refractivity contribution in [3.05, 3.63) is 0 Å². The van der Waals surface area contributed by atoms with Crippen molar-refractivity contribution in [1.29, 1.82) is 0 Å². The molecule has 16 heavy (non-hydrogen) atoms. The summed E-state index contributed by atoms with van der Waals surface area (Å²) < 4.78 is 0. The fourth-order valence-corrected chi connectivity index (χ4v) is 2.07. The molecular weight excluding hydrogens is 239 g/mol. The monoisotopic (exact) mass is 266 g/mol. The van der Waals surface area contributed by atoms with E-state index >= 15 is 0 Å². The topological polar surface area (TPSA) is 0 Å². The molecule has 0 heterocycles. The molecule has 0 unspecified atom stereocenters. The van der Waals surface area contributed by atoms with E-state index in [1.165, 1.54) is 38.5 Å². The Morgan fingerprint density at radius 1 is 0.562 bits per heavy atom. The van der Waals surface area contributed by atoms with E-state index < -0.39 is 0 Å². The van der Waals surface area contributed by atoms with Gasteiger partial charge in [-0.3, -0.25) is 0 Å². The Balaban J connectivity index is 3.17. The molecule has 0 N–H and O–H groups in total. The van der Waals surface area contributed by atoms with Crippen LogP contribution in [0.4, 0.5) is 0 Å². The van der Waals surface area contributed by atoms with Gasteiger partial charge in [-0.1, -0.05) is 38.5 Å². The summed E-state index contributed by atoms with van der Waals surface area (Å²) in [6.07, 6.45) is 10.1. The van der Waals surface area contributed by atoms with Gasteiger partial charge in [-0.25, -0.2) is 0 Å². The maximum absolute atomic E-state index is 6.13. The van der Waals surface area contributed by atoms with Crippen LogP contribution < -0.4 is 0 Å². The maximum atomic E-state index is 6.13. The van der Waals surface area contributed by atoms with Crippen LogP contribution in [0.2, 0.25) is 0 Å². The first-order chi connectivity index (χ1) is 7.21. The summed E-state index contributed by atoms with van der Waals surface area (Å²) in [6.45, 7) is 8.38. The van der Waals surface area contributed by atoms with Crippen LogP contribution in [0.1, 0.15) is 79.1 Å². The normalized spacial score (nSPS) is 13.1. The number of alkyl halides is 2. The number of rotatable bonds is 9. The molecule has 0 aliphatic rings. The molecule has 0 aromatic heterocycles. The zero-order valence-electron chi connectivity index (χ0n) is 11.4. The van der Waals surface area contributed by atoms with Gasteiger partial charge in [-0.2, -0.15) is 0 Å². The molecule has 0 radical (unpaired) electrons. The average molecular weight is 267 g/mol. The SMILES string of the molecule is CC(C)(Cl)CCCCCCCCC(C)(C)Cl. The molecule has 98 valence electrons. The van der Waals surface area contributed by atoms with Crippen LogP contribution in [0, 0.1) is 0 Å². The summed E-state index contributed by atoms with van der Waals surface area (Å²) in [5.41, 5.74) is 0. The van der Waals surface area contributed by atoms with Crippen molar-refractivity contribution < 1.29 is 0 Å². The Hall–Kier alpha value is 0.580. The van der Waals surface area contributed by atoms with Crippen LogP contribution in [0.5, 0.6) is 0 Å². The van der Waals surface area contributed by atoms with Crippen molar-refractivity contribution in [2.75, 3.05) is 0 Å². The highest BCUT2D eigenvalue weighted by atomic mass is 35.5. The molecule has 0 amide bonds. The van der Waals surface area contributed by atoms with E-state index in [-0.39, 0.29) is 9.75 Å². The fraction of sp³-hybridized carbons (Fsp3) is 1.00. The minimum absolute atomic E-state index is 0.0113. The van der Waals surface area contributed by atoms with Crippen molar-refractivity contribution in [1.82, 2.24) is 0 Å². The Morgan fingerprint density at radius 3 is 1.06 bits per heavy atom. The van der Waals surface area contributed by atoms with Gasteiger partial charge >= 0.3 is 0 Å². The number of hydrogen-bond acceptors (Lipinski definition) is 0. The molecule has 2 heteroatoms. The highest BCUT2D eigenvalue weighted by Gasteiger charge is 2.12. The van der Waals surface area contributed by atoms with E-state index in [4.69, 9.17) is 23.2 Å². The summed E-state index contributed by atoms with van der Waals surface area (Å²) in [7, 11) is 0. The quantitative estimate of drug-likeness (QED) is 0.347. The summed E-state index contributed by atoms with van der Waals surface area (Å²) in [5, 5.41) is 0. The summed E-state index contributed by atoms with van der Waals surface area (Å²) in [6, 6.07) is 0. The van der Waals surface area contributed by atoms with Gasteiger partial charge in [0.25, 0.3) is 0 Å². The molecule has 0 aromatic rings. The lowest BCUT2D eigenvalue weighted by atomic mass is 10.0. The molecule has 0 aliphatic carbocycles. The highest BCUT2D eigenvalue weighted by molar-refractivity contribution is 6.23. The van der Waals surface area contributed by atoms with E-state index in [9.17, 15) is 0 Å². The van der Waals surface area contributed by atoms with Crippen LogP contribution in [-0.2, 0) is 0 Å². The first-order valence-electron chi connectivity index (χ1n) is 6.59. The first-order valence-corrected chi connectivity index (χ1v) is 7.34. The predicted octanol–water partition coefficient (Wildman–Crippen LogP) is 6.14. The maximum Gasteiger partial charge on any atom is 0.0390 e. The van der Waals surface area contributed by atoms with E-state index in [2.05, 4.69) is 27.7 Å². The zero-order valence-corrected chi connectivity index (χ0v) is 12.9. The largest absolute Gasteiger partial charge is 0.120 e. The molecule has 0 spiro atoms. The highest BCUT2D eigenvalue weighted by Crippen LogP contribution is 2.23. The van der Waals surface area contributed by atoms with E-state index in [0.717, 1.165) is 12.8 Å². The van der Waals surface area contributed by atoms with Crippen molar-refractivity contribution >= 4 is 23.2 Å². The molecule has 0 bridgehead atoms. The lowest BCUT2D eigenvalue weighted by Crippen LogP contribution is -2.09. The van der Waals surface area contributed by atoms with Gasteiger partial charge in [0.2, 0.25) is 0 Å². The second-order valence-corrected chi connectivity index (χ2v) is 8.11. The summed E-state index contributed by atoms with van der Waals surface area (Å²) in [4.78, 5) is -0.0225. The molecule has 0 saturated heterocycles. The standard InChI is InChI=1S/C14H28Cl2/c1-13(2,15)11-9-7-5-6-8-10-12-14(3,4)16/h5-12H2,1-4H3. The molecule has 0 atom stereocenters. The minimum Gasteiger partial charge on any atom is -0.120 e. The van der Waals surface area contributed by atoms with E-state index in [1.54, 1.807) is 0 Å². The number of hydrogen-bond donors (Lipinski definition) is 0. The van der Waals surface area contributed by atoms with E-state index in [1.807, 2.05) is 0 Å². The number of unbranched alkanes of at least 4 members (excludes halogenated alkanes) is 5. The average Bonchev–Trinajstić information content (AvgIpc) is 2.06. The third kappa shape index (κ3) is 14.6. The third-order valence-electron chi connectivity index (χ3n) is 2.79. The molecule has 0 aliphatic heterocycles. The van der Waals surface area contributed by atoms with Gasteiger partial charge in [0.05, 0.1) is 0 Å². The Kier molecular flexibility index (Phi) is 8.10. The van der Waals surface area contributed by atoms with Gasteiger partial charge in [-0.15, -0.1) is 23.2 Å². The smallest absolute Gasteiger partial charge is 0.0390 e.